The molecular weight excluding hydrogens is 280 g/mol. The van der Waals surface area contributed by atoms with Crippen LogP contribution >= 0.6 is 0 Å². The van der Waals surface area contributed by atoms with Crippen molar-refractivity contribution in [2.45, 2.75) is 38.7 Å². The molecule has 0 aromatic rings. The first-order chi connectivity index (χ1) is 9.93. The van der Waals surface area contributed by atoms with Gasteiger partial charge in [-0.15, -0.1) is 0 Å². The van der Waals surface area contributed by atoms with Crippen molar-refractivity contribution >= 4 is 23.9 Å². The fourth-order valence-corrected chi connectivity index (χ4v) is 1.90. The van der Waals surface area contributed by atoms with Crippen LogP contribution in [0.5, 0.6) is 0 Å². The maximum absolute atomic E-state index is 11.7. The van der Waals surface area contributed by atoms with Crippen molar-refractivity contribution < 1.29 is 28.7 Å². The molecule has 0 aromatic heterocycles. The summed E-state index contributed by atoms with van der Waals surface area (Å²) >= 11 is 0. The number of nitrogens with zero attached hydrogens (tertiary/aromatic N) is 1. The Morgan fingerprint density at radius 1 is 1.29 bits per heavy atom. The van der Waals surface area contributed by atoms with Gasteiger partial charge < -0.3 is 14.4 Å². The molecule has 1 N–H and O–H groups in total. The zero-order valence-corrected chi connectivity index (χ0v) is 12.2. The van der Waals surface area contributed by atoms with E-state index < -0.39 is 24.1 Å². The molecule has 1 heterocycles. The van der Waals surface area contributed by atoms with E-state index in [1.807, 2.05) is 5.32 Å². The number of likely N-dealkylation sites (tertiary alicyclic amines) is 1. The second-order valence-corrected chi connectivity index (χ2v) is 4.74. The summed E-state index contributed by atoms with van der Waals surface area (Å²) in [5, 5.41) is 1.90. The quantitative estimate of drug-likeness (QED) is 0.744. The zero-order valence-electron chi connectivity index (χ0n) is 12.2. The van der Waals surface area contributed by atoms with Crippen molar-refractivity contribution in [1.29, 1.82) is 0 Å². The Kier molecular flexibility index (Phi) is 6.64. The van der Waals surface area contributed by atoms with E-state index in [2.05, 4.69) is 4.74 Å². The van der Waals surface area contributed by atoms with Gasteiger partial charge in [-0.2, -0.15) is 0 Å². The number of rotatable bonds is 4. The number of hydrogen-bond donors (Lipinski definition) is 1. The highest BCUT2D eigenvalue weighted by Gasteiger charge is 2.24. The monoisotopic (exact) mass is 300 g/mol. The Morgan fingerprint density at radius 2 is 2.00 bits per heavy atom. The molecule has 0 bridgehead atoms. The molecule has 21 heavy (non-hydrogen) atoms. The van der Waals surface area contributed by atoms with Gasteiger partial charge in [-0.3, -0.25) is 19.7 Å². The number of esters is 1. The van der Waals surface area contributed by atoms with Crippen molar-refractivity contribution in [1.82, 2.24) is 10.2 Å². The van der Waals surface area contributed by atoms with Crippen LogP contribution in [0.1, 0.15) is 32.6 Å². The number of carbonyl (C=O) groups is 4. The van der Waals surface area contributed by atoms with Gasteiger partial charge in [-0.25, -0.2) is 4.79 Å². The first-order valence-electron chi connectivity index (χ1n) is 6.80. The van der Waals surface area contributed by atoms with Gasteiger partial charge >= 0.3 is 12.1 Å². The van der Waals surface area contributed by atoms with Crippen molar-refractivity contribution in [2.75, 3.05) is 20.2 Å². The van der Waals surface area contributed by atoms with Crippen LogP contribution in [0.4, 0.5) is 4.79 Å². The summed E-state index contributed by atoms with van der Waals surface area (Å²) in [6.07, 6.45) is 0.977. The second-order valence-electron chi connectivity index (χ2n) is 4.74. The Bertz CT molecular complexity index is 423. The Morgan fingerprint density at radius 3 is 2.67 bits per heavy atom. The molecule has 1 rings (SSSR count). The Hall–Kier alpha value is -2.12. The molecule has 8 heteroatoms. The van der Waals surface area contributed by atoms with Gasteiger partial charge in [0, 0.05) is 13.0 Å². The number of carbonyl (C=O) groups excluding carboxylic acids is 4. The van der Waals surface area contributed by atoms with Crippen LogP contribution in [0.3, 0.4) is 0 Å². The average Bonchev–Trinajstić information content (AvgIpc) is 2.63. The molecule has 1 fully saturated rings. The van der Waals surface area contributed by atoms with Gasteiger partial charge in [-0.05, 0) is 19.8 Å². The summed E-state index contributed by atoms with van der Waals surface area (Å²) in [7, 11) is 1.12. The minimum absolute atomic E-state index is 0.0869. The first kappa shape index (κ1) is 16.9. The lowest BCUT2D eigenvalue weighted by Gasteiger charge is -2.20. The van der Waals surface area contributed by atoms with Gasteiger partial charge in [0.15, 0.2) is 6.10 Å². The van der Waals surface area contributed by atoms with E-state index in [-0.39, 0.29) is 12.5 Å². The number of amides is 3. The average molecular weight is 300 g/mol. The molecule has 1 saturated heterocycles. The lowest BCUT2D eigenvalue weighted by molar-refractivity contribution is -0.157. The summed E-state index contributed by atoms with van der Waals surface area (Å²) in [4.78, 5) is 47.2. The molecule has 0 spiro atoms. The SMILES string of the molecule is COC(=O)NC(=O)[C@H](C)OC(=O)CN1CCCCCC1=O. The molecule has 0 aliphatic carbocycles. The second kappa shape index (κ2) is 8.23. The highest BCUT2D eigenvalue weighted by atomic mass is 16.6. The minimum atomic E-state index is -1.14. The highest BCUT2D eigenvalue weighted by molar-refractivity contribution is 5.95. The standard InChI is InChI=1S/C13H20N2O6/c1-9(12(18)14-13(19)20-2)21-11(17)8-15-7-5-3-4-6-10(15)16/h9H,3-8H2,1-2H3,(H,14,18,19)/t9-/m0/s1. The molecular formula is C13H20N2O6. The molecule has 8 nitrogen and oxygen atoms in total. The smallest absolute Gasteiger partial charge is 0.413 e. The lowest BCUT2D eigenvalue weighted by atomic mass is 10.2. The predicted molar refractivity (Wildman–Crippen MR) is 71.1 cm³/mol. The molecule has 3 amide bonds. The summed E-state index contributed by atoms with van der Waals surface area (Å²) < 4.78 is 9.16. The van der Waals surface area contributed by atoms with Crippen LogP contribution in [0.2, 0.25) is 0 Å². The topological polar surface area (TPSA) is 102 Å². The van der Waals surface area contributed by atoms with Gasteiger partial charge in [0.2, 0.25) is 5.91 Å². The molecule has 0 radical (unpaired) electrons. The number of alkyl carbamates (subject to hydrolysis) is 1. The van der Waals surface area contributed by atoms with Crippen LogP contribution in [0, 0.1) is 0 Å². The van der Waals surface area contributed by atoms with Gasteiger partial charge in [0.25, 0.3) is 5.91 Å². The van der Waals surface area contributed by atoms with E-state index in [1.54, 1.807) is 0 Å². The van der Waals surface area contributed by atoms with E-state index in [1.165, 1.54) is 11.8 Å². The summed E-state index contributed by atoms with van der Waals surface area (Å²) in [6.45, 7) is 1.66. The van der Waals surface area contributed by atoms with E-state index in [0.29, 0.717) is 13.0 Å². The fourth-order valence-electron chi connectivity index (χ4n) is 1.90. The molecule has 0 unspecified atom stereocenters. The minimum Gasteiger partial charge on any atom is -0.453 e. The number of ether oxygens (including phenoxy) is 2. The molecule has 1 aliphatic rings. The van der Waals surface area contributed by atoms with E-state index >= 15 is 0 Å². The number of hydrogen-bond acceptors (Lipinski definition) is 6. The highest BCUT2D eigenvalue weighted by Crippen LogP contribution is 2.11. The maximum Gasteiger partial charge on any atom is 0.413 e. The van der Waals surface area contributed by atoms with Gasteiger partial charge in [0.1, 0.15) is 6.54 Å². The Labute approximate surface area is 122 Å². The number of nitrogens with one attached hydrogen (secondary N) is 1. The summed E-state index contributed by atoms with van der Waals surface area (Å²) in [5.41, 5.74) is 0. The van der Waals surface area contributed by atoms with Crippen LogP contribution in [0.25, 0.3) is 0 Å². The van der Waals surface area contributed by atoms with Crippen molar-refractivity contribution in [3.05, 3.63) is 0 Å². The van der Waals surface area contributed by atoms with Gasteiger partial charge in [-0.1, -0.05) is 6.42 Å². The van der Waals surface area contributed by atoms with Crippen molar-refractivity contribution in [2.24, 2.45) is 0 Å². The van der Waals surface area contributed by atoms with E-state index in [4.69, 9.17) is 4.74 Å². The van der Waals surface area contributed by atoms with Crippen molar-refractivity contribution in [3.63, 3.8) is 0 Å². The molecule has 1 atom stereocenters. The first-order valence-corrected chi connectivity index (χ1v) is 6.80. The van der Waals surface area contributed by atoms with Crippen LogP contribution in [0.15, 0.2) is 0 Å². The third-order valence-corrected chi connectivity index (χ3v) is 3.08. The normalized spacial score (nSPS) is 16.7. The van der Waals surface area contributed by atoms with Crippen LogP contribution in [-0.2, 0) is 23.9 Å². The molecule has 1 aliphatic heterocycles. The fraction of sp³-hybridized carbons (Fsp3) is 0.692. The molecule has 0 aromatic carbocycles. The molecule has 118 valence electrons. The third kappa shape index (κ3) is 5.80. The van der Waals surface area contributed by atoms with E-state index in [9.17, 15) is 19.2 Å². The largest absolute Gasteiger partial charge is 0.453 e. The maximum atomic E-state index is 11.7. The van der Waals surface area contributed by atoms with Crippen LogP contribution < -0.4 is 5.32 Å². The molecule has 0 saturated carbocycles. The van der Waals surface area contributed by atoms with E-state index in [0.717, 1.165) is 26.4 Å². The summed E-state index contributed by atoms with van der Waals surface area (Å²) in [5.74, 6) is -1.55. The number of methoxy groups -OCH3 is 1. The number of imide groups is 1. The zero-order chi connectivity index (χ0) is 15.8. The lowest BCUT2D eigenvalue weighted by Crippen LogP contribution is -2.42. The van der Waals surface area contributed by atoms with Crippen molar-refractivity contribution in [3.8, 4) is 0 Å². The predicted octanol–water partition coefficient (Wildman–Crippen LogP) is 0.203. The Balaban J connectivity index is 2.43. The van der Waals surface area contributed by atoms with Gasteiger partial charge in [0.05, 0.1) is 7.11 Å². The third-order valence-electron chi connectivity index (χ3n) is 3.08. The van der Waals surface area contributed by atoms with Crippen LogP contribution in [-0.4, -0.2) is 55.1 Å². The summed E-state index contributed by atoms with van der Waals surface area (Å²) in [6, 6.07) is 0.